The fourth-order valence-electron chi connectivity index (χ4n) is 2.63. The second kappa shape index (κ2) is 8.64. The fraction of sp³-hybridized carbons (Fsp3) is 1.00. The van der Waals surface area contributed by atoms with E-state index in [1.54, 1.807) is 0 Å². The van der Waals surface area contributed by atoms with E-state index in [0.29, 0.717) is 0 Å². The van der Waals surface area contributed by atoms with Crippen molar-refractivity contribution < 1.29 is 72.1 Å². The zero-order chi connectivity index (χ0) is 17.4. The third-order valence-electron chi connectivity index (χ3n) is 4.07. The van der Waals surface area contributed by atoms with Crippen molar-refractivity contribution in [2.45, 2.75) is 54.8 Å². The number of hydrogen-bond acceptors (Lipinski definition) is 11. The number of aliphatic hydroxyl groups is 8. The van der Waals surface area contributed by atoms with Crippen molar-refractivity contribution >= 4 is 0 Å². The van der Waals surface area contributed by atoms with Crippen LogP contribution in [0.25, 0.3) is 0 Å². The van der Waals surface area contributed by atoms with Crippen molar-refractivity contribution in [2.24, 2.45) is 0 Å². The van der Waals surface area contributed by atoms with Gasteiger partial charge in [0.15, 0.2) is 6.29 Å². The molecule has 0 unspecified atom stereocenters. The molecular formula is C12H22MnO11. The summed E-state index contributed by atoms with van der Waals surface area (Å²) in [4.78, 5) is 0. The Balaban J connectivity index is 0.00000288. The Labute approximate surface area is 147 Å². The molecule has 12 heteroatoms. The SMILES string of the molecule is OC[C@H]1O[C@@](CO)(O[C@H]2O[C@H](CO)[C@@H](O)[C@H](O)[C@H]2O)[C@@H](O)[C@@H]1O.[Mn]. The van der Waals surface area contributed by atoms with Crippen LogP contribution < -0.4 is 0 Å². The van der Waals surface area contributed by atoms with Gasteiger partial charge in [-0.25, -0.2) is 0 Å². The summed E-state index contributed by atoms with van der Waals surface area (Å²) in [6.07, 6.45) is -12.7. The fourth-order valence-corrected chi connectivity index (χ4v) is 2.63. The molecule has 0 aromatic heterocycles. The van der Waals surface area contributed by atoms with Gasteiger partial charge in [0, 0.05) is 17.1 Å². The quantitative estimate of drug-likeness (QED) is 0.207. The molecular weight excluding hydrogens is 375 g/mol. The summed E-state index contributed by atoms with van der Waals surface area (Å²) in [6.45, 7) is -2.32. The summed E-state index contributed by atoms with van der Waals surface area (Å²) in [5, 5.41) is 76.7. The monoisotopic (exact) mass is 397 g/mol. The average molecular weight is 397 g/mol. The van der Waals surface area contributed by atoms with Crippen molar-refractivity contribution in [3.63, 3.8) is 0 Å². The second-order valence-corrected chi connectivity index (χ2v) is 5.56. The molecule has 2 rings (SSSR count). The maximum absolute atomic E-state index is 10.00. The van der Waals surface area contributed by atoms with Crippen LogP contribution >= 0.6 is 0 Å². The van der Waals surface area contributed by atoms with E-state index >= 15 is 0 Å². The van der Waals surface area contributed by atoms with Gasteiger partial charge in [0.25, 0.3) is 0 Å². The minimum Gasteiger partial charge on any atom is -0.394 e. The molecule has 9 atom stereocenters. The van der Waals surface area contributed by atoms with Crippen LogP contribution in [-0.4, -0.2) is 115 Å². The van der Waals surface area contributed by atoms with E-state index in [4.69, 9.17) is 24.4 Å². The van der Waals surface area contributed by atoms with Gasteiger partial charge >= 0.3 is 0 Å². The van der Waals surface area contributed by atoms with Gasteiger partial charge < -0.3 is 55.1 Å². The van der Waals surface area contributed by atoms with Crippen LogP contribution in [0.5, 0.6) is 0 Å². The minimum atomic E-state index is -2.22. The zero-order valence-electron chi connectivity index (χ0n) is 12.4. The maximum Gasteiger partial charge on any atom is 0.224 e. The minimum absolute atomic E-state index is 0. The number of rotatable bonds is 5. The predicted molar refractivity (Wildman–Crippen MR) is 68.6 cm³/mol. The van der Waals surface area contributed by atoms with Gasteiger partial charge in [-0.2, -0.15) is 0 Å². The van der Waals surface area contributed by atoms with Crippen LogP contribution in [0.1, 0.15) is 0 Å². The van der Waals surface area contributed by atoms with Crippen LogP contribution in [-0.2, 0) is 31.3 Å². The smallest absolute Gasteiger partial charge is 0.224 e. The van der Waals surface area contributed by atoms with E-state index in [-0.39, 0.29) is 17.1 Å². The van der Waals surface area contributed by atoms with Crippen molar-refractivity contribution in [1.29, 1.82) is 0 Å². The Bertz CT molecular complexity index is 399. The molecule has 2 aliphatic rings. The molecule has 0 amide bonds. The molecule has 24 heavy (non-hydrogen) atoms. The van der Waals surface area contributed by atoms with E-state index in [0.717, 1.165) is 0 Å². The van der Waals surface area contributed by atoms with E-state index in [2.05, 4.69) is 0 Å². The molecule has 0 aromatic carbocycles. The van der Waals surface area contributed by atoms with Gasteiger partial charge in [-0.05, 0) is 0 Å². The first-order valence-corrected chi connectivity index (χ1v) is 7.05. The van der Waals surface area contributed by atoms with Crippen molar-refractivity contribution in [3.05, 3.63) is 0 Å². The van der Waals surface area contributed by atoms with E-state index in [9.17, 15) is 30.6 Å². The number of ether oxygens (including phenoxy) is 3. The summed E-state index contributed by atoms with van der Waals surface area (Å²) < 4.78 is 15.4. The van der Waals surface area contributed by atoms with Crippen molar-refractivity contribution in [3.8, 4) is 0 Å². The average Bonchev–Trinajstić information content (AvgIpc) is 2.80. The van der Waals surface area contributed by atoms with E-state index < -0.39 is 74.6 Å². The van der Waals surface area contributed by atoms with E-state index in [1.807, 2.05) is 0 Å². The van der Waals surface area contributed by atoms with Gasteiger partial charge in [-0.1, -0.05) is 0 Å². The van der Waals surface area contributed by atoms with Crippen molar-refractivity contribution in [2.75, 3.05) is 19.8 Å². The zero-order valence-corrected chi connectivity index (χ0v) is 13.6. The molecule has 0 spiro atoms. The molecule has 0 aliphatic carbocycles. The summed E-state index contributed by atoms with van der Waals surface area (Å²) in [5.74, 6) is -2.22. The Morgan fingerprint density at radius 2 is 1.38 bits per heavy atom. The van der Waals surface area contributed by atoms with Gasteiger partial charge in [0.1, 0.15) is 49.3 Å². The first-order valence-electron chi connectivity index (χ1n) is 7.05. The van der Waals surface area contributed by atoms with Gasteiger partial charge in [0.05, 0.1) is 13.2 Å². The molecule has 1 radical (unpaired) electrons. The molecule has 11 nitrogen and oxygen atoms in total. The Hall–Kier alpha value is 0.0795. The predicted octanol–water partition coefficient (Wildman–Crippen LogP) is -5.40. The maximum atomic E-state index is 10.00. The Morgan fingerprint density at radius 3 is 1.83 bits per heavy atom. The summed E-state index contributed by atoms with van der Waals surface area (Å²) >= 11 is 0. The summed E-state index contributed by atoms with van der Waals surface area (Å²) in [7, 11) is 0. The Morgan fingerprint density at radius 1 is 0.792 bits per heavy atom. The third-order valence-corrected chi connectivity index (χ3v) is 4.07. The van der Waals surface area contributed by atoms with Crippen LogP contribution in [0.15, 0.2) is 0 Å². The summed E-state index contributed by atoms with van der Waals surface area (Å²) in [5.41, 5.74) is 0. The first kappa shape index (κ1) is 22.1. The molecule has 0 aromatic rings. The number of aliphatic hydroxyl groups excluding tert-OH is 8. The molecule has 2 fully saturated rings. The molecule has 2 saturated heterocycles. The van der Waals surface area contributed by atoms with Crippen LogP contribution in [0.3, 0.4) is 0 Å². The second-order valence-electron chi connectivity index (χ2n) is 5.56. The molecule has 0 bridgehead atoms. The van der Waals surface area contributed by atoms with Crippen LogP contribution in [0.4, 0.5) is 0 Å². The molecule has 8 N–H and O–H groups in total. The molecule has 2 heterocycles. The Kier molecular flexibility index (Phi) is 7.97. The van der Waals surface area contributed by atoms with Crippen LogP contribution in [0.2, 0.25) is 0 Å². The first-order chi connectivity index (χ1) is 10.8. The molecule has 0 saturated carbocycles. The van der Waals surface area contributed by atoms with E-state index in [1.165, 1.54) is 0 Å². The molecule has 2 aliphatic heterocycles. The largest absolute Gasteiger partial charge is 0.394 e. The standard InChI is InChI=1S/C12H22O11.Mn/c13-1-4-6(16)8(18)9(19)11(21-4)23-12(3-15)10(20)7(17)5(2-14)22-12;/h4-11,13-20H,1-3H2;/t4-,5-,6-,7-,8+,9-,10+,11-,12+;/m1./s1. The number of hydrogen-bond donors (Lipinski definition) is 8. The van der Waals surface area contributed by atoms with Crippen molar-refractivity contribution in [1.82, 2.24) is 0 Å². The van der Waals surface area contributed by atoms with Crippen LogP contribution in [0, 0.1) is 0 Å². The normalized spacial score (nSPS) is 49.0. The van der Waals surface area contributed by atoms with Gasteiger partial charge in [-0.15, -0.1) is 0 Å². The molecule has 143 valence electrons. The summed E-state index contributed by atoms with van der Waals surface area (Å²) in [6, 6.07) is 0. The van der Waals surface area contributed by atoms with Gasteiger partial charge in [0.2, 0.25) is 5.79 Å². The third kappa shape index (κ3) is 3.76. The van der Waals surface area contributed by atoms with Gasteiger partial charge in [-0.3, -0.25) is 0 Å². The topological polar surface area (TPSA) is 190 Å².